The highest BCUT2D eigenvalue weighted by atomic mass is 16.5. The van der Waals surface area contributed by atoms with Gasteiger partial charge in [-0.15, -0.1) is 0 Å². The second kappa shape index (κ2) is 10.2. The summed E-state index contributed by atoms with van der Waals surface area (Å²) in [7, 11) is 0. The minimum Gasteiger partial charge on any atom is -0.371 e. The normalized spacial score (nSPS) is 12.6. The molecule has 0 amide bonds. The summed E-state index contributed by atoms with van der Waals surface area (Å²) in [6.07, 6.45) is 5.93. The molecule has 9 nitrogen and oxygen atoms in total. The first-order valence-electron chi connectivity index (χ1n) is 11.9. The van der Waals surface area contributed by atoms with Crippen LogP contribution in [0.5, 0.6) is 0 Å². The highest BCUT2D eigenvalue weighted by Gasteiger charge is 2.22. The molecular formula is C27H29N7O2. The zero-order valence-electron chi connectivity index (χ0n) is 20.6. The first-order chi connectivity index (χ1) is 17.4. The summed E-state index contributed by atoms with van der Waals surface area (Å²) in [6, 6.07) is 16.4. The third-order valence-corrected chi connectivity index (χ3v) is 5.70. The zero-order valence-corrected chi connectivity index (χ0v) is 20.6. The molecule has 3 aromatic heterocycles. The smallest absolute Gasteiger partial charge is 0.232 e. The van der Waals surface area contributed by atoms with E-state index in [4.69, 9.17) is 14.2 Å². The van der Waals surface area contributed by atoms with Gasteiger partial charge in [-0.1, -0.05) is 62.3 Å². The van der Waals surface area contributed by atoms with Crippen LogP contribution in [0.3, 0.4) is 0 Å². The number of H-pyrrole nitrogens is 1. The number of rotatable bonds is 9. The van der Waals surface area contributed by atoms with Crippen molar-refractivity contribution in [2.75, 3.05) is 11.9 Å². The molecule has 184 valence electrons. The lowest BCUT2D eigenvalue weighted by molar-refractivity contribution is 0.105. The van der Waals surface area contributed by atoms with Crippen LogP contribution in [0.25, 0.3) is 22.0 Å². The molecule has 2 aromatic carbocycles. The summed E-state index contributed by atoms with van der Waals surface area (Å²) in [5.41, 5.74) is 2.59. The minimum absolute atomic E-state index is 0.117. The van der Waals surface area contributed by atoms with Crippen molar-refractivity contribution in [1.82, 2.24) is 30.1 Å². The Morgan fingerprint density at radius 2 is 1.89 bits per heavy atom. The number of anilines is 1. The Labute approximate surface area is 209 Å². The summed E-state index contributed by atoms with van der Waals surface area (Å²) in [6.45, 7) is 6.72. The molecule has 0 aliphatic carbocycles. The number of aromatic amines is 1. The van der Waals surface area contributed by atoms with Crippen LogP contribution in [0.4, 0.5) is 5.95 Å². The average molecular weight is 484 g/mol. The van der Waals surface area contributed by atoms with Gasteiger partial charge in [-0.3, -0.25) is 0 Å². The van der Waals surface area contributed by atoms with Crippen molar-refractivity contribution in [2.45, 2.75) is 45.3 Å². The Morgan fingerprint density at radius 1 is 1.03 bits per heavy atom. The van der Waals surface area contributed by atoms with Crippen LogP contribution in [-0.2, 0) is 23.2 Å². The topological polar surface area (TPSA) is 115 Å². The van der Waals surface area contributed by atoms with Crippen molar-refractivity contribution in [3.63, 3.8) is 0 Å². The summed E-state index contributed by atoms with van der Waals surface area (Å²) < 4.78 is 11.3. The molecule has 9 heteroatoms. The van der Waals surface area contributed by atoms with Crippen molar-refractivity contribution >= 4 is 16.7 Å². The van der Waals surface area contributed by atoms with E-state index in [1.807, 2.05) is 45.2 Å². The van der Waals surface area contributed by atoms with Crippen LogP contribution in [-0.4, -0.2) is 42.7 Å². The Kier molecular flexibility index (Phi) is 6.73. The molecule has 2 N–H and O–H groups in total. The Hall–Kier alpha value is -4.11. The molecule has 0 saturated carbocycles. The molecule has 0 saturated heterocycles. The van der Waals surface area contributed by atoms with Gasteiger partial charge in [0.15, 0.2) is 5.82 Å². The van der Waals surface area contributed by atoms with Gasteiger partial charge in [-0.25, -0.2) is 15.0 Å². The predicted octanol–water partition coefficient (Wildman–Crippen LogP) is 4.94. The fraction of sp³-hybridized carbons (Fsp3) is 0.296. The molecule has 3 heterocycles. The third-order valence-electron chi connectivity index (χ3n) is 5.70. The molecule has 1 unspecified atom stereocenters. The van der Waals surface area contributed by atoms with Gasteiger partial charge in [0.25, 0.3) is 0 Å². The van der Waals surface area contributed by atoms with E-state index in [2.05, 4.69) is 60.7 Å². The molecular weight excluding hydrogens is 454 g/mol. The van der Waals surface area contributed by atoms with Gasteiger partial charge >= 0.3 is 0 Å². The first-order valence-corrected chi connectivity index (χ1v) is 11.9. The van der Waals surface area contributed by atoms with Crippen LogP contribution in [0.2, 0.25) is 0 Å². The maximum Gasteiger partial charge on any atom is 0.232 e. The second-order valence-electron chi connectivity index (χ2n) is 9.71. The van der Waals surface area contributed by atoms with Gasteiger partial charge in [0.2, 0.25) is 11.8 Å². The lowest BCUT2D eigenvalue weighted by Gasteiger charge is -2.18. The molecule has 0 fully saturated rings. The van der Waals surface area contributed by atoms with Gasteiger partial charge in [0.1, 0.15) is 6.61 Å². The van der Waals surface area contributed by atoms with Gasteiger partial charge < -0.3 is 19.6 Å². The van der Waals surface area contributed by atoms with E-state index in [1.165, 1.54) is 10.8 Å². The molecule has 0 radical (unpaired) electrons. The molecule has 5 rings (SSSR count). The van der Waals surface area contributed by atoms with Crippen LogP contribution < -0.4 is 5.32 Å². The van der Waals surface area contributed by atoms with Crippen LogP contribution in [0, 0.1) is 0 Å². The molecule has 36 heavy (non-hydrogen) atoms. The number of nitrogens with zero attached hydrogens (tertiary/aromatic N) is 5. The lowest BCUT2D eigenvalue weighted by Crippen LogP contribution is -2.29. The standard InChI is InChI=1S/C27H29N7O2/c1-27(2,3)25-33-24(34-36-25)16-35-15-22(13-21-14-28-17-30-21)31-26-29-11-10-23(32-26)20-9-8-18-6-4-5-7-19(18)12-20/h4-12,14,17,22H,13,15-16H2,1-3H3,(H,28,30)(H,29,31,32). The van der Waals surface area contributed by atoms with Crippen molar-refractivity contribution < 1.29 is 9.26 Å². The SMILES string of the molecule is CC(C)(C)c1nc(COCC(Cc2c[nH]cn2)Nc2nccc(-c3ccc4ccccc4c3)n2)no1. The van der Waals surface area contributed by atoms with Crippen molar-refractivity contribution in [3.8, 4) is 11.3 Å². The van der Waals surface area contributed by atoms with Crippen LogP contribution >= 0.6 is 0 Å². The van der Waals surface area contributed by atoms with Crippen molar-refractivity contribution in [1.29, 1.82) is 0 Å². The van der Waals surface area contributed by atoms with Crippen molar-refractivity contribution in [2.24, 2.45) is 0 Å². The van der Waals surface area contributed by atoms with Crippen LogP contribution in [0.15, 0.2) is 71.8 Å². The molecule has 1 atom stereocenters. The number of aromatic nitrogens is 6. The van der Waals surface area contributed by atoms with E-state index in [9.17, 15) is 0 Å². The highest BCUT2D eigenvalue weighted by molar-refractivity contribution is 5.86. The fourth-order valence-corrected chi connectivity index (χ4v) is 3.84. The number of benzene rings is 2. The van der Waals surface area contributed by atoms with Gasteiger partial charge in [-0.2, -0.15) is 4.98 Å². The molecule has 0 aliphatic heterocycles. The van der Waals surface area contributed by atoms with Crippen LogP contribution in [0.1, 0.15) is 38.2 Å². The number of hydrogen-bond acceptors (Lipinski definition) is 8. The van der Waals surface area contributed by atoms with E-state index in [-0.39, 0.29) is 18.1 Å². The van der Waals surface area contributed by atoms with E-state index < -0.39 is 0 Å². The Balaban J connectivity index is 1.29. The highest BCUT2D eigenvalue weighted by Crippen LogP contribution is 2.24. The number of fused-ring (bicyclic) bond motifs is 1. The molecule has 0 spiro atoms. The number of hydrogen-bond donors (Lipinski definition) is 2. The number of imidazole rings is 1. The average Bonchev–Trinajstić information content (AvgIpc) is 3.56. The number of ether oxygens (including phenoxy) is 1. The van der Waals surface area contributed by atoms with E-state index >= 15 is 0 Å². The van der Waals surface area contributed by atoms with Crippen molar-refractivity contribution in [3.05, 3.63) is 84.7 Å². The van der Waals surface area contributed by atoms with Gasteiger partial charge in [0, 0.05) is 29.8 Å². The maximum absolute atomic E-state index is 5.95. The maximum atomic E-state index is 5.95. The second-order valence-corrected chi connectivity index (χ2v) is 9.71. The summed E-state index contributed by atoms with van der Waals surface area (Å²) in [5, 5.41) is 9.81. The molecule has 0 bridgehead atoms. The quantitative estimate of drug-likeness (QED) is 0.303. The Morgan fingerprint density at radius 3 is 2.67 bits per heavy atom. The monoisotopic (exact) mass is 483 g/mol. The fourth-order valence-electron chi connectivity index (χ4n) is 3.84. The Bertz CT molecular complexity index is 1420. The number of nitrogens with one attached hydrogen (secondary N) is 2. The van der Waals surface area contributed by atoms with Gasteiger partial charge in [-0.05, 0) is 22.9 Å². The van der Waals surface area contributed by atoms with E-state index in [1.54, 1.807) is 12.5 Å². The summed E-state index contributed by atoms with van der Waals surface area (Å²) in [5.74, 6) is 1.64. The summed E-state index contributed by atoms with van der Waals surface area (Å²) in [4.78, 5) is 21.0. The predicted molar refractivity (Wildman–Crippen MR) is 137 cm³/mol. The third kappa shape index (κ3) is 5.75. The van der Waals surface area contributed by atoms with E-state index in [0.717, 1.165) is 17.0 Å². The molecule has 0 aliphatic rings. The first kappa shape index (κ1) is 23.6. The minimum atomic E-state index is -0.206. The van der Waals surface area contributed by atoms with Gasteiger partial charge in [0.05, 0.1) is 30.4 Å². The largest absolute Gasteiger partial charge is 0.371 e. The molecule has 5 aromatic rings. The van der Waals surface area contributed by atoms with E-state index in [0.29, 0.717) is 30.7 Å². The lowest BCUT2D eigenvalue weighted by atomic mass is 9.97. The summed E-state index contributed by atoms with van der Waals surface area (Å²) >= 11 is 0. The zero-order chi connectivity index (χ0) is 25.0.